The summed E-state index contributed by atoms with van der Waals surface area (Å²) >= 11 is 0. The Labute approximate surface area is 139 Å². The van der Waals surface area contributed by atoms with Gasteiger partial charge in [-0.25, -0.2) is 4.79 Å². The molecular formula is C17H22F3NO3. The molecule has 0 aliphatic carbocycles. The summed E-state index contributed by atoms with van der Waals surface area (Å²) in [6, 6.07) is 4.55. The van der Waals surface area contributed by atoms with Gasteiger partial charge in [0.05, 0.1) is 18.2 Å². The third-order valence-corrected chi connectivity index (χ3v) is 3.96. The number of likely N-dealkylation sites (tertiary alicyclic amines) is 1. The summed E-state index contributed by atoms with van der Waals surface area (Å²) in [5.74, 6) is -0.128. The number of alkyl halides is 3. The maximum absolute atomic E-state index is 12.6. The van der Waals surface area contributed by atoms with Gasteiger partial charge in [-0.3, -0.25) is 0 Å². The molecule has 0 spiro atoms. The van der Waals surface area contributed by atoms with Crippen LogP contribution in [0.1, 0.15) is 44.2 Å². The molecule has 0 aromatic heterocycles. The molecule has 1 aromatic rings. The van der Waals surface area contributed by atoms with E-state index in [1.165, 1.54) is 17.0 Å². The van der Waals surface area contributed by atoms with Crippen molar-refractivity contribution in [3.05, 3.63) is 35.4 Å². The fourth-order valence-electron chi connectivity index (χ4n) is 2.82. The zero-order valence-electron chi connectivity index (χ0n) is 13.9. The minimum absolute atomic E-state index is 0.128. The summed E-state index contributed by atoms with van der Waals surface area (Å²) in [6.07, 6.45) is -4.40. The third-order valence-electron chi connectivity index (χ3n) is 3.96. The predicted molar refractivity (Wildman–Crippen MR) is 82.6 cm³/mol. The van der Waals surface area contributed by atoms with Gasteiger partial charge in [-0.2, -0.15) is 13.2 Å². The molecule has 24 heavy (non-hydrogen) atoms. The van der Waals surface area contributed by atoms with Crippen LogP contribution in [0.25, 0.3) is 0 Å². The molecule has 0 unspecified atom stereocenters. The van der Waals surface area contributed by atoms with Gasteiger partial charge in [0.1, 0.15) is 5.60 Å². The summed E-state index contributed by atoms with van der Waals surface area (Å²) in [5, 5.41) is 9.50. The van der Waals surface area contributed by atoms with Crippen LogP contribution >= 0.6 is 0 Å². The lowest BCUT2D eigenvalue weighted by atomic mass is 9.95. The van der Waals surface area contributed by atoms with Crippen LogP contribution in [0.5, 0.6) is 0 Å². The molecular weight excluding hydrogens is 323 g/mol. The van der Waals surface area contributed by atoms with Crippen LogP contribution in [-0.2, 0) is 10.9 Å². The molecule has 1 aliphatic heterocycles. The number of benzene rings is 1. The molecule has 1 heterocycles. The number of rotatable bonds is 2. The van der Waals surface area contributed by atoms with Crippen molar-refractivity contribution >= 4 is 6.09 Å². The van der Waals surface area contributed by atoms with Gasteiger partial charge in [0, 0.05) is 12.5 Å². The Hall–Kier alpha value is -1.76. The maximum Gasteiger partial charge on any atom is 0.416 e. The van der Waals surface area contributed by atoms with Crippen LogP contribution in [0.4, 0.5) is 18.0 Å². The lowest BCUT2D eigenvalue weighted by Crippen LogP contribution is -2.41. The average Bonchev–Trinajstić information content (AvgIpc) is 2.89. The number of hydrogen-bond donors (Lipinski definition) is 1. The zero-order valence-corrected chi connectivity index (χ0v) is 13.9. The average molecular weight is 345 g/mol. The topological polar surface area (TPSA) is 49.8 Å². The van der Waals surface area contributed by atoms with Crippen molar-refractivity contribution < 1.29 is 27.8 Å². The first-order valence-electron chi connectivity index (χ1n) is 7.79. The molecule has 1 saturated heterocycles. The van der Waals surface area contributed by atoms with Gasteiger partial charge < -0.3 is 14.7 Å². The van der Waals surface area contributed by atoms with Crippen molar-refractivity contribution in [1.82, 2.24) is 4.90 Å². The molecule has 7 heteroatoms. The fourth-order valence-corrected chi connectivity index (χ4v) is 2.82. The number of aliphatic hydroxyl groups is 1. The lowest BCUT2D eigenvalue weighted by Gasteiger charge is -2.27. The number of hydrogen-bond acceptors (Lipinski definition) is 3. The molecule has 0 radical (unpaired) electrons. The number of aliphatic hydroxyl groups excluding tert-OH is 1. The van der Waals surface area contributed by atoms with E-state index in [9.17, 15) is 23.1 Å². The Morgan fingerprint density at radius 1 is 1.25 bits per heavy atom. The second-order valence-corrected chi connectivity index (χ2v) is 7.02. The van der Waals surface area contributed by atoms with Crippen molar-refractivity contribution in [2.24, 2.45) is 0 Å². The summed E-state index contributed by atoms with van der Waals surface area (Å²) in [7, 11) is 0. The Morgan fingerprint density at radius 3 is 2.29 bits per heavy atom. The molecule has 1 amide bonds. The second kappa shape index (κ2) is 6.63. The number of carbonyl (C=O) groups excluding carboxylic acids is 1. The van der Waals surface area contributed by atoms with E-state index in [4.69, 9.17) is 4.74 Å². The van der Waals surface area contributed by atoms with Crippen LogP contribution in [-0.4, -0.2) is 40.9 Å². The van der Waals surface area contributed by atoms with Gasteiger partial charge >= 0.3 is 12.3 Å². The summed E-state index contributed by atoms with van der Waals surface area (Å²) in [4.78, 5) is 13.7. The molecule has 2 rings (SSSR count). The Bertz CT molecular complexity index is 578. The normalized spacial score (nSPS) is 21.9. The standard InChI is InChI=1S/C17H22F3NO3/c1-16(2,3)24-15(23)21-9-12(8-14(21)10-22)11-4-6-13(7-5-11)17(18,19)20/h4-7,12,14,22H,8-10H2,1-3H3/t12-,14+/m1/s1. The van der Waals surface area contributed by atoms with Crippen LogP contribution in [0, 0.1) is 0 Å². The van der Waals surface area contributed by atoms with Gasteiger partial charge in [0.15, 0.2) is 0 Å². The predicted octanol–water partition coefficient (Wildman–Crippen LogP) is 3.79. The number of nitrogens with zero attached hydrogens (tertiary/aromatic N) is 1. The number of ether oxygens (including phenoxy) is 1. The summed E-state index contributed by atoms with van der Waals surface area (Å²) in [5.41, 5.74) is -0.636. The first kappa shape index (κ1) is 18.6. The molecule has 0 bridgehead atoms. The van der Waals surface area contributed by atoms with E-state index < -0.39 is 29.5 Å². The lowest BCUT2D eigenvalue weighted by molar-refractivity contribution is -0.137. The molecule has 0 saturated carbocycles. The van der Waals surface area contributed by atoms with E-state index in [0.717, 1.165) is 12.1 Å². The monoisotopic (exact) mass is 345 g/mol. The highest BCUT2D eigenvalue weighted by Gasteiger charge is 2.38. The number of carbonyl (C=O) groups is 1. The van der Waals surface area contributed by atoms with Gasteiger partial charge in [0.25, 0.3) is 0 Å². The Morgan fingerprint density at radius 2 is 1.83 bits per heavy atom. The summed E-state index contributed by atoms with van der Waals surface area (Å²) in [6.45, 7) is 5.36. The zero-order chi connectivity index (χ0) is 18.1. The van der Waals surface area contributed by atoms with Gasteiger partial charge in [0.2, 0.25) is 0 Å². The molecule has 2 atom stereocenters. The molecule has 1 aliphatic rings. The van der Waals surface area contributed by atoms with Gasteiger partial charge in [-0.05, 0) is 44.9 Å². The smallest absolute Gasteiger partial charge is 0.416 e. The highest BCUT2D eigenvalue weighted by molar-refractivity contribution is 5.69. The molecule has 1 fully saturated rings. The van der Waals surface area contributed by atoms with Crippen molar-refractivity contribution in [2.45, 2.75) is 50.9 Å². The second-order valence-electron chi connectivity index (χ2n) is 7.02. The third kappa shape index (κ3) is 4.41. The van der Waals surface area contributed by atoms with Crippen molar-refractivity contribution in [3.8, 4) is 0 Å². The van der Waals surface area contributed by atoms with E-state index >= 15 is 0 Å². The molecule has 134 valence electrons. The minimum Gasteiger partial charge on any atom is -0.444 e. The molecule has 1 aromatic carbocycles. The van der Waals surface area contributed by atoms with Crippen molar-refractivity contribution in [2.75, 3.05) is 13.2 Å². The highest BCUT2D eigenvalue weighted by Crippen LogP contribution is 2.35. The van der Waals surface area contributed by atoms with Crippen molar-refractivity contribution in [1.29, 1.82) is 0 Å². The fraction of sp³-hybridized carbons (Fsp3) is 0.588. The van der Waals surface area contributed by atoms with E-state index in [1.54, 1.807) is 20.8 Å². The Balaban J connectivity index is 2.12. The van der Waals surface area contributed by atoms with Crippen LogP contribution in [0.2, 0.25) is 0 Å². The number of halogens is 3. The number of amides is 1. The first-order chi connectivity index (χ1) is 11.0. The van der Waals surface area contributed by atoms with Crippen LogP contribution < -0.4 is 0 Å². The maximum atomic E-state index is 12.6. The van der Waals surface area contributed by atoms with Gasteiger partial charge in [-0.15, -0.1) is 0 Å². The van der Waals surface area contributed by atoms with E-state index in [2.05, 4.69) is 0 Å². The molecule has 1 N–H and O–H groups in total. The van der Waals surface area contributed by atoms with E-state index in [-0.39, 0.29) is 12.5 Å². The minimum atomic E-state index is -4.37. The van der Waals surface area contributed by atoms with E-state index in [0.29, 0.717) is 18.5 Å². The SMILES string of the molecule is CC(C)(C)OC(=O)N1C[C@H](c2ccc(C(F)(F)F)cc2)C[C@H]1CO. The van der Waals surface area contributed by atoms with E-state index in [1.807, 2.05) is 0 Å². The van der Waals surface area contributed by atoms with Crippen LogP contribution in [0.3, 0.4) is 0 Å². The van der Waals surface area contributed by atoms with Crippen molar-refractivity contribution in [3.63, 3.8) is 0 Å². The first-order valence-corrected chi connectivity index (χ1v) is 7.79. The van der Waals surface area contributed by atoms with Gasteiger partial charge in [-0.1, -0.05) is 12.1 Å². The highest BCUT2D eigenvalue weighted by atomic mass is 19.4. The summed E-state index contributed by atoms with van der Waals surface area (Å²) < 4.78 is 43.2. The molecule has 4 nitrogen and oxygen atoms in total. The quantitative estimate of drug-likeness (QED) is 0.887. The van der Waals surface area contributed by atoms with Crippen LogP contribution in [0.15, 0.2) is 24.3 Å². The Kier molecular flexibility index (Phi) is 5.13. The largest absolute Gasteiger partial charge is 0.444 e.